The van der Waals surface area contributed by atoms with E-state index in [1.807, 2.05) is 0 Å². The van der Waals surface area contributed by atoms with Crippen molar-refractivity contribution in [3.05, 3.63) is 0 Å². The zero-order chi connectivity index (χ0) is 9.99. The quantitative estimate of drug-likeness (QED) is 0.585. The van der Waals surface area contributed by atoms with Gasteiger partial charge in [0.25, 0.3) is 0 Å². The molecule has 0 aliphatic rings. The first-order valence-electron chi connectivity index (χ1n) is 5.23. The second-order valence-electron chi connectivity index (χ2n) is 5.76. The summed E-state index contributed by atoms with van der Waals surface area (Å²) in [5.74, 6) is 0.814. The van der Waals surface area contributed by atoms with Gasteiger partial charge in [-0.3, -0.25) is 0 Å². The van der Waals surface area contributed by atoms with E-state index in [-0.39, 0.29) is 0 Å². The fraction of sp³-hybridized carbons (Fsp3) is 1.00. The Labute approximate surface area is 78.8 Å². The Hall–Kier alpha value is 0. The van der Waals surface area contributed by atoms with Crippen molar-refractivity contribution in [1.29, 1.82) is 0 Å². The Kier molecular flexibility index (Phi) is 3.81. The maximum absolute atomic E-state index is 2.42. The lowest BCUT2D eigenvalue weighted by Crippen LogP contribution is -2.33. The fourth-order valence-corrected chi connectivity index (χ4v) is 1.88. The third kappa shape index (κ3) is 2.80. The summed E-state index contributed by atoms with van der Waals surface area (Å²) in [7, 11) is 0. The van der Waals surface area contributed by atoms with Gasteiger partial charge in [0.15, 0.2) is 0 Å². The monoisotopic (exact) mass is 170 g/mol. The van der Waals surface area contributed by atoms with Crippen molar-refractivity contribution in [3.8, 4) is 0 Å². The minimum absolute atomic E-state index is 0.437. The SMILES string of the molecule is CCC(C)(CC(C)C)C(C)(C)C. The molecule has 0 amide bonds. The lowest BCUT2D eigenvalue weighted by Gasteiger charge is -2.43. The molecule has 0 N–H and O–H groups in total. The first-order chi connectivity index (χ1) is 5.23. The van der Waals surface area contributed by atoms with Crippen LogP contribution in [0.1, 0.15) is 61.3 Å². The summed E-state index contributed by atoms with van der Waals surface area (Å²) in [4.78, 5) is 0. The van der Waals surface area contributed by atoms with Gasteiger partial charge in [-0.2, -0.15) is 0 Å². The zero-order valence-electron chi connectivity index (χ0n) is 9.99. The third-order valence-electron chi connectivity index (χ3n) is 3.45. The molecule has 0 aliphatic carbocycles. The Morgan fingerprint density at radius 2 is 1.42 bits per heavy atom. The highest BCUT2D eigenvalue weighted by Gasteiger charge is 2.35. The minimum atomic E-state index is 0.437. The van der Waals surface area contributed by atoms with E-state index in [0.29, 0.717) is 10.8 Å². The van der Waals surface area contributed by atoms with Crippen LogP contribution in [0.3, 0.4) is 0 Å². The molecule has 0 aromatic rings. The van der Waals surface area contributed by atoms with E-state index in [1.54, 1.807) is 0 Å². The predicted molar refractivity (Wildman–Crippen MR) is 57.3 cm³/mol. The van der Waals surface area contributed by atoms with Gasteiger partial charge in [0.2, 0.25) is 0 Å². The Morgan fingerprint density at radius 3 is 1.50 bits per heavy atom. The molecule has 0 radical (unpaired) electrons. The van der Waals surface area contributed by atoms with Crippen molar-refractivity contribution < 1.29 is 0 Å². The maximum atomic E-state index is 2.42. The van der Waals surface area contributed by atoms with E-state index in [2.05, 4.69) is 48.5 Å². The van der Waals surface area contributed by atoms with Crippen LogP contribution >= 0.6 is 0 Å². The summed E-state index contributed by atoms with van der Waals surface area (Å²) in [5.41, 5.74) is 0.938. The second-order valence-corrected chi connectivity index (χ2v) is 5.76. The summed E-state index contributed by atoms with van der Waals surface area (Å²) in [6, 6.07) is 0. The number of rotatable bonds is 3. The van der Waals surface area contributed by atoms with E-state index in [9.17, 15) is 0 Å². The molecule has 0 aromatic heterocycles. The van der Waals surface area contributed by atoms with Crippen molar-refractivity contribution in [2.45, 2.75) is 61.3 Å². The standard InChI is InChI=1S/C12H26/c1-8-12(7,9-10(2)3)11(4,5)6/h10H,8-9H2,1-7H3. The molecule has 0 aromatic carbocycles. The largest absolute Gasteiger partial charge is 0.0648 e. The van der Waals surface area contributed by atoms with Crippen LogP contribution in [0.2, 0.25) is 0 Å². The predicted octanol–water partition coefficient (Wildman–Crippen LogP) is 4.49. The van der Waals surface area contributed by atoms with E-state index in [1.165, 1.54) is 12.8 Å². The lowest BCUT2D eigenvalue weighted by atomic mass is 9.63. The zero-order valence-corrected chi connectivity index (χ0v) is 9.99. The van der Waals surface area contributed by atoms with Crippen LogP contribution in [-0.2, 0) is 0 Å². The molecule has 0 fully saturated rings. The smallest absolute Gasteiger partial charge is 0.0277 e. The molecule has 0 spiro atoms. The molecule has 0 nitrogen and oxygen atoms in total. The van der Waals surface area contributed by atoms with Crippen LogP contribution in [-0.4, -0.2) is 0 Å². The highest BCUT2D eigenvalue weighted by Crippen LogP contribution is 2.45. The molecule has 0 bridgehead atoms. The normalized spacial score (nSPS) is 18.0. The molecule has 74 valence electrons. The van der Waals surface area contributed by atoms with Gasteiger partial charge in [-0.15, -0.1) is 0 Å². The minimum Gasteiger partial charge on any atom is -0.0648 e. The summed E-state index contributed by atoms with van der Waals surface area (Å²) in [6.07, 6.45) is 2.63. The van der Waals surface area contributed by atoms with Gasteiger partial charge in [0.05, 0.1) is 0 Å². The maximum Gasteiger partial charge on any atom is -0.0277 e. The van der Waals surface area contributed by atoms with Crippen LogP contribution in [0.15, 0.2) is 0 Å². The highest BCUT2D eigenvalue weighted by atomic mass is 14.4. The van der Waals surface area contributed by atoms with Crippen molar-refractivity contribution in [1.82, 2.24) is 0 Å². The number of hydrogen-bond donors (Lipinski definition) is 0. The second kappa shape index (κ2) is 3.81. The average Bonchev–Trinajstić information content (AvgIpc) is 1.83. The molecule has 0 heterocycles. The molecule has 0 heteroatoms. The Balaban J connectivity index is 4.46. The first kappa shape index (κ1) is 12.0. The summed E-state index contributed by atoms with van der Waals surface area (Å²) < 4.78 is 0. The van der Waals surface area contributed by atoms with Gasteiger partial charge in [0.1, 0.15) is 0 Å². The summed E-state index contributed by atoms with van der Waals surface area (Å²) in [5, 5.41) is 0. The Morgan fingerprint density at radius 1 is 1.00 bits per heavy atom. The third-order valence-corrected chi connectivity index (χ3v) is 3.45. The van der Waals surface area contributed by atoms with Crippen LogP contribution in [0.5, 0.6) is 0 Å². The molecule has 0 rings (SSSR count). The first-order valence-corrected chi connectivity index (χ1v) is 5.23. The average molecular weight is 170 g/mol. The van der Waals surface area contributed by atoms with Crippen molar-refractivity contribution in [3.63, 3.8) is 0 Å². The van der Waals surface area contributed by atoms with E-state index >= 15 is 0 Å². The van der Waals surface area contributed by atoms with Gasteiger partial charge in [-0.25, -0.2) is 0 Å². The molecule has 12 heavy (non-hydrogen) atoms. The fourth-order valence-electron chi connectivity index (χ4n) is 1.88. The van der Waals surface area contributed by atoms with E-state index < -0.39 is 0 Å². The van der Waals surface area contributed by atoms with Crippen LogP contribution in [0.25, 0.3) is 0 Å². The van der Waals surface area contributed by atoms with Gasteiger partial charge in [-0.1, -0.05) is 54.9 Å². The van der Waals surface area contributed by atoms with Crippen molar-refractivity contribution >= 4 is 0 Å². The molecular weight excluding hydrogens is 144 g/mol. The van der Waals surface area contributed by atoms with Gasteiger partial charge >= 0.3 is 0 Å². The Bertz CT molecular complexity index is 127. The summed E-state index contributed by atoms with van der Waals surface area (Å²) in [6.45, 7) is 16.5. The molecule has 0 saturated carbocycles. The topological polar surface area (TPSA) is 0 Å². The molecule has 1 unspecified atom stereocenters. The van der Waals surface area contributed by atoms with Crippen molar-refractivity contribution in [2.24, 2.45) is 16.7 Å². The lowest BCUT2D eigenvalue weighted by molar-refractivity contribution is 0.0752. The van der Waals surface area contributed by atoms with Gasteiger partial charge < -0.3 is 0 Å². The van der Waals surface area contributed by atoms with Gasteiger partial charge in [0, 0.05) is 0 Å². The van der Waals surface area contributed by atoms with Crippen LogP contribution < -0.4 is 0 Å². The van der Waals surface area contributed by atoms with E-state index in [4.69, 9.17) is 0 Å². The van der Waals surface area contributed by atoms with Crippen LogP contribution in [0, 0.1) is 16.7 Å². The summed E-state index contributed by atoms with van der Waals surface area (Å²) >= 11 is 0. The van der Waals surface area contributed by atoms with Crippen LogP contribution in [0.4, 0.5) is 0 Å². The van der Waals surface area contributed by atoms with E-state index in [0.717, 1.165) is 5.92 Å². The van der Waals surface area contributed by atoms with Gasteiger partial charge in [-0.05, 0) is 23.2 Å². The molecular formula is C12H26. The molecule has 1 atom stereocenters. The molecule has 0 saturated heterocycles. The number of hydrogen-bond acceptors (Lipinski definition) is 0. The highest BCUT2D eigenvalue weighted by molar-refractivity contribution is 4.85. The molecule has 0 aliphatic heterocycles. The van der Waals surface area contributed by atoms with Crippen molar-refractivity contribution in [2.75, 3.05) is 0 Å².